The predicted octanol–water partition coefficient (Wildman–Crippen LogP) is 5.41. The molecule has 24 heavy (non-hydrogen) atoms. The zero-order chi connectivity index (χ0) is 17.2. The average molecular weight is 340 g/mol. The van der Waals surface area contributed by atoms with Crippen molar-refractivity contribution in [3.8, 4) is 16.9 Å². The van der Waals surface area contributed by atoms with Crippen LogP contribution in [-0.4, -0.2) is 10.0 Å². The van der Waals surface area contributed by atoms with Crippen LogP contribution in [0.1, 0.15) is 25.0 Å². The van der Waals surface area contributed by atoms with Crippen LogP contribution in [0.5, 0.6) is 5.75 Å². The molecule has 0 saturated heterocycles. The summed E-state index contributed by atoms with van der Waals surface area (Å²) >= 11 is 6.17. The maximum absolute atomic E-state index is 11.2. The highest BCUT2D eigenvalue weighted by molar-refractivity contribution is 6.30. The van der Waals surface area contributed by atoms with Gasteiger partial charge in [-0.15, -0.1) is 0 Å². The molecule has 0 aliphatic heterocycles. The van der Waals surface area contributed by atoms with Gasteiger partial charge in [0.1, 0.15) is 0 Å². The highest BCUT2D eigenvalue weighted by Crippen LogP contribution is 2.54. The number of hydrogen-bond acceptors (Lipinski definition) is 3. The van der Waals surface area contributed by atoms with E-state index in [1.165, 1.54) is 6.07 Å². The number of phenolic OH excluding ortho intramolecular Hbond substituents is 1. The molecular formula is C19H14ClNO3. The number of nitro benzene ring substituents is 1. The Morgan fingerprint density at radius 1 is 1.08 bits per heavy atom. The molecule has 4 nitrogen and oxygen atoms in total. The molecule has 1 N–H and O–H groups in total. The molecule has 0 radical (unpaired) electrons. The Morgan fingerprint density at radius 3 is 2.50 bits per heavy atom. The van der Waals surface area contributed by atoms with Gasteiger partial charge in [-0.3, -0.25) is 10.1 Å². The second-order valence-corrected chi connectivity index (χ2v) is 7.03. The Balaban J connectivity index is 2.20. The van der Waals surface area contributed by atoms with Crippen molar-refractivity contribution in [1.29, 1.82) is 0 Å². The molecule has 0 heterocycles. The van der Waals surface area contributed by atoms with Crippen molar-refractivity contribution in [2.45, 2.75) is 19.3 Å². The number of hydrogen-bond donors (Lipinski definition) is 1. The Hall–Kier alpha value is -2.59. The lowest BCUT2D eigenvalue weighted by Crippen LogP contribution is -2.14. The van der Waals surface area contributed by atoms with E-state index in [0.717, 1.165) is 27.6 Å². The van der Waals surface area contributed by atoms with Crippen LogP contribution in [0.4, 0.5) is 5.69 Å². The fourth-order valence-corrected chi connectivity index (χ4v) is 3.91. The normalized spacial score (nSPS) is 14.5. The number of halogens is 1. The van der Waals surface area contributed by atoms with Crippen LogP contribution in [0.15, 0.2) is 42.5 Å². The number of rotatable bonds is 1. The lowest BCUT2D eigenvalue weighted by Gasteiger charge is -2.21. The van der Waals surface area contributed by atoms with E-state index >= 15 is 0 Å². The standard InChI is InChI=1S/C19H14ClNO3/c1-19(2)13-7-3-10-4-8-15(21(23)24)18(22)16(10)17(13)12-6-5-11(20)9-14(12)19/h3-9,22H,1-2H3. The van der Waals surface area contributed by atoms with E-state index in [4.69, 9.17) is 11.6 Å². The van der Waals surface area contributed by atoms with Crippen LogP contribution in [-0.2, 0) is 5.41 Å². The van der Waals surface area contributed by atoms with E-state index in [1.54, 1.807) is 12.1 Å². The van der Waals surface area contributed by atoms with Gasteiger partial charge in [0.2, 0.25) is 5.75 Å². The van der Waals surface area contributed by atoms with Crippen molar-refractivity contribution in [2.75, 3.05) is 0 Å². The number of nitro groups is 1. The molecule has 0 spiro atoms. The molecule has 5 heteroatoms. The smallest absolute Gasteiger partial charge is 0.311 e. The van der Waals surface area contributed by atoms with Gasteiger partial charge >= 0.3 is 5.69 Å². The molecule has 3 aromatic carbocycles. The third kappa shape index (κ3) is 1.80. The summed E-state index contributed by atoms with van der Waals surface area (Å²) in [6, 6.07) is 12.6. The second-order valence-electron chi connectivity index (χ2n) is 6.59. The first-order chi connectivity index (χ1) is 11.3. The van der Waals surface area contributed by atoms with Crippen LogP contribution in [0.25, 0.3) is 21.9 Å². The van der Waals surface area contributed by atoms with Crippen molar-refractivity contribution < 1.29 is 10.0 Å². The van der Waals surface area contributed by atoms with Gasteiger partial charge in [0, 0.05) is 21.9 Å². The minimum Gasteiger partial charge on any atom is -0.502 e. The van der Waals surface area contributed by atoms with E-state index < -0.39 is 4.92 Å². The van der Waals surface area contributed by atoms with Gasteiger partial charge < -0.3 is 5.11 Å². The van der Waals surface area contributed by atoms with Gasteiger partial charge in [0.25, 0.3) is 0 Å². The number of benzene rings is 3. The molecule has 0 amide bonds. The maximum Gasteiger partial charge on any atom is 0.311 e. The van der Waals surface area contributed by atoms with Crippen molar-refractivity contribution in [1.82, 2.24) is 0 Å². The summed E-state index contributed by atoms with van der Waals surface area (Å²) in [5.74, 6) is -0.284. The first kappa shape index (κ1) is 15.0. The minimum atomic E-state index is -0.558. The topological polar surface area (TPSA) is 63.4 Å². The molecule has 0 unspecified atom stereocenters. The number of phenols is 1. The summed E-state index contributed by atoms with van der Waals surface area (Å²) in [6.45, 7) is 4.18. The Bertz CT molecular complexity index is 1040. The molecule has 0 bridgehead atoms. The number of fused-ring (bicyclic) bond motifs is 5. The molecular weight excluding hydrogens is 326 g/mol. The van der Waals surface area contributed by atoms with Gasteiger partial charge in [0.15, 0.2) is 0 Å². The van der Waals surface area contributed by atoms with Gasteiger partial charge in [-0.2, -0.15) is 0 Å². The summed E-state index contributed by atoms with van der Waals surface area (Å²) < 4.78 is 0. The third-order valence-electron chi connectivity index (χ3n) is 4.93. The van der Waals surface area contributed by atoms with Crippen molar-refractivity contribution in [2.24, 2.45) is 0 Å². The quantitative estimate of drug-likeness (QED) is 0.476. The van der Waals surface area contributed by atoms with Crippen molar-refractivity contribution in [3.05, 3.63) is 68.7 Å². The highest BCUT2D eigenvalue weighted by atomic mass is 35.5. The van der Waals surface area contributed by atoms with Crippen LogP contribution in [0.3, 0.4) is 0 Å². The molecule has 0 fully saturated rings. The number of aromatic hydroxyl groups is 1. The molecule has 120 valence electrons. The van der Waals surface area contributed by atoms with Crippen LogP contribution in [0, 0.1) is 10.1 Å². The first-order valence-electron chi connectivity index (χ1n) is 7.56. The van der Waals surface area contributed by atoms with Crippen LogP contribution >= 0.6 is 11.6 Å². The summed E-state index contributed by atoms with van der Waals surface area (Å²) in [4.78, 5) is 10.7. The fourth-order valence-electron chi connectivity index (χ4n) is 3.73. The lowest BCUT2D eigenvalue weighted by atomic mass is 9.82. The Morgan fingerprint density at radius 2 is 1.79 bits per heavy atom. The third-order valence-corrected chi connectivity index (χ3v) is 5.17. The van der Waals surface area contributed by atoms with E-state index in [-0.39, 0.29) is 16.9 Å². The monoisotopic (exact) mass is 339 g/mol. The average Bonchev–Trinajstić information content (AvgIpc) is 2.75. The molecule has 1 aliphatic carbocycles. The highest BCUT2D eigenvalue weighted by Gasteiger charge is 2.37. The SMILES string of the molecule is CC1(C)c2cc(Cl)ccc2-c2c1ccc1ccc([N+](=O)[O-])c(O)c21. The predicted molar refractivity (Wildman–Crippen MR) is 94.8 cm³/mol. The summed E-state index contributed by atoms with van der Waals surface area (Å²) in [6.07, 6.45) is 0. The molecule has 4 rings (SSSR count). The Kier molecular flexibility index (Phi) is 2.94. The molecule has 0 atom stereocenters. The summed E-state index contributed by atoms with van der Waals surface area (Å²) in [5, 5.41) is 23.7. The van der Waals surface area contributed by atoms with E-state index in [2.05, 4.69) is 13.8 Å². The zero-order valence-electron chi connectivity index (χ0n) is 13.1. The lowest BCUT2D eigenvalue weighted by molar-refractivity contribution is -0.385. The fraction of sp³-hybridized carbons (Fsp3) is 0.158. The summed E-state index contributed by atoms with van der Waals surface area (Å²) in [5.41, 5.74) is 3.33. The van der Waals surface area contributed by atoms with Crippen molar-refractivity contribution in [3.63, 3.8) is 0 Å². The molecule has 1 aliphatic rings. The van der Waals surface area contributed by atoms with Gasteiger partial charge in [-0.05, 0) is 45.8 Å². The minimum absolute atomic E-state index is 0.281. The van der Waals surface area contributed by atoms with Crippen molar-refractivity contribution >= 4 is 28.1 Å². The molecule has 0 aromatic heterocycles. The van der Waals surface area contributed by atoms with Gasteiger partial charge in [-0.25, -0.2) is 0 Å². The van der Waals surface area contributed by atoms with Gasteiger partial charge in [-0.1, -0.05) is 43.6 Å². The van der Waals surface area contributed by atoms with E-state index in [1.807, 2.05) is 24.3 Å². The second kappa shape index (κ2) is 4.71. The first-order valence-corrected chi connectivity index (χ1v) is 7.94. The number of nitrogens with zero attached hydrogens (tertiary/aromatic N) is 1. The van der Waals surface area contributed by atoms with E-state index in [9.17, 15) is 15.2 Å². The van der Waals surface area contributed by atoms with E-state index in [0.29, 0.717) is 10.4 Å². The molecule has 3 aromatic rings. The zero-order valence-corrected chi connectivity index (χ0v) is 13.9. The van der Waals surface area contributed by atoms with Crippen LogP contribution in [0.2, 0.25) is 5.02 Å². The maximum atomic E-state index is 11.2. The van der Waals surface area contributed by atoms with Crippen LogP contribution < -0.4 is 0 Å². The largest absolute Gasteiger partial charge is 0.502 e. The molecule has 0 saturated carbocycles. The van der Waals surface area contributed by atoms with Gasteiger partial charge in [0.05, 0.1) is 4.92 Å². The Labute approximate surface area is 143 Å². The summed E-state index contributed by atoms with van der Waals surface area (Å²) in [7, 11) is 0.